The molecule has 1 unspecified atom stereocenters. The van der Waals surface area contributed by atoms with Crippen LogP contribution in [0.4, 0.5) is 0 Å². The van der Waals surface area contributed by atoms with Gasteiger partial charge in [0.1, 0.15) is 0 Å². The Morgan fingerprint density at radius 3 is 2.40 bits per heavy atom. The van der Waals surface area contributed by atoms with Crippen molar-refractivity contribution in [2.24, 2.45) is 5.41 Å². The van der Waals surface area contributed by atoms with Gasteiger partial charge in [-0.25, -0.2) is 0 Å². The zero-order valence-corrected chi connectivity index (χ0v) is 14.0. The number of rotatable bonds is 8. The van der Waals surface area contributed by atoms with Crippen LogP contribution in [0.3, 0.4) is 0 Å². The van der Waals surface area contributed by atoms with E-state index >= 15 is 0 Å². The van der Waals surface area contributed by atoms with Gasteiger partial charge in [0.15, 0.2) is 0 Å². The molecule has 0 aromatic carbocycles. The third-order valence-corrected chi connectivity index (χ3v) is 4.49. The Hall–Kier alpha value is -0.160. The molecule has 1 saturated heterocycles. The Balaban J connectivity index is 2.44. The second-order valence-electron chi connectivity index (χ2n) is 6.89. The number of nitrogens with zero attached hydrogens (tertiary/aromatic N) is 2. The lowest BCUT2D eigenvalue weighted by Gasteiger charge is -2.35. The molecule has 1 atom stereocenters. The van der Waals surface area contributed by atoms with E-state index in [9.17, 15) is 0 Å². The van der Waals surface area contributed by atoms with Gasteiger partial charge in [0.2, 0.25) is 0 Å². The van der Waals surface area contributed by atoms with Gasteiger partial charge in [-0.3, -0.25) is 4.90 Å². The number of aliphatic hydroxyl groups excluding tert-OH is 1. The van der Waals surface area contributed by atoms with Crippen LogP contribution >= 0.6 is 0 Å². The Labute approximate surface area is 125 Å². The van der Waals surface area contributed by atoms with Crippen LogP contribution in [0.5, 0.6) is 0 Å². The molecule has 1 aliphatic rings. The number of hydrogen-bond donors (Lipinski definition) is 2. The molecule has 1 rings (SSSR count). The van der Waals surface area contributed by atoms with E-state index in [0.717, 1.165) is 32.7 Å². The molecule has 0 aliphatic carbocycles. The second-order valence-corrected chi connectivity index (χ2v) is 6.89. The van der Waals surface area contributed by atoms with E-state index < -0.39 is 0 Å². The van der Waals surface area contributed by atoms with E-state index in [1.165, 1.54) is 25.9 Å². The topological polar surface area (TPSA) is 38.7 Å². The summed E-state index contributed by atoms with van der Waals surface area (Å²) in [4.78, 5) is 5.00. The second kappa shape index (κ2) is 8.98. The zero-order valence-electron chi connectivity index (χ0n) is 14.0. The molecule has 0 radical (unpaired) electrons. The molecule has 4 nitrogen and oxygen atoms in total. The lowest BCUT2D eigenvalue weighted by Crippen LogP contribution is -2.44. The van der Waals surface area contributed by atoms with Gasteiger partial charge in [-0.15, -0.1) is 0 Å². The van der Waals surface area contributed by atoms with Gasteiger partial charge in [0.05, 0.1) is 6.61 Å². The van der Waals surface area contributed by atoms with Gasteiger partial charge in [-0.1, -0.05) is 27.7 Å². The molecule has 1 aliphatic heterocycles. The van der Waals surface area contributed by atoms with E-state index in [0.29, 0.717) is 11.5 Å². The SMILES string of the molecule is CCC(C)(CNC(C)C)CN1CCCN(CCO)CC1. The van der Waals surface area contributed by atoms with Crippen LogP contribution in [-0.2, 0) is 0 Å². The number of aliphatic hydroxyl groups is 1. The summed E-state index contributed by atoms with van der Waals surface area (Å²) in [7, 11) is 0. The molecule has 20 heavy (non-hydrogen) atoms. The van der Waals surface area contributed by atoms with E-state index in [4.69, 9.17) is 5.11 Å². The van der Waals surface area contributed by atoms with Gasteiger partial charge in [0, 0.05) is 38.8 Å². The predicted octanol–water partition coefficient (Wildman–Crippen LogP) is 1.40. The third kappa shape index (κ3) is 6.53. The molecule has 0 aromatic heterocycles. The third-order valence-electron chi connectivity index (χ3n) is 4.49. The van der Waals surface area contributed by atoms with Gasteiger partial charge in [-0.05, 0) is 31.3 Å². The quantitative estimate of drug-likeness (QED) is 0.707. The first kappa shape index (κ1) is 17.9. The molecule has 0 saturated carbocycles. The Morgan fingerprint density at radius 2 is 1.80 bits per heavy atom. The fraction of sp³-hybridized carbons (Fsp3) is 1.00. The summed E-state index contributed by atoms with van der Waals surface area (Å²) < 4.78 is 0. The normalized spacial score (nSPS) is 21.9. The largest absolute Gasteiger partial charge is 0.395 e. The number of β-amino-alcohol motifs (C(OH)–C–C–N with tert-alkyl or cyclic N) is 1. The van der Waals surface area contributed by atoms with Crippen LogP contribution in [0.25, 0.3) is 0 Å². The van der Waals surface area contributed by atoms with E-state index in [1.807, 2.05) is 0 Å². The maximum absolute atomic E-state index is 9.06. The lowest BCUT2D eigenvalue weighted by atomic mass is 9.86. The highest BCUT2D eigenvalue weighted by molar-refractivity contribution is 4.82. The first-order chi connectivity index (χ1) is 9.49. The van der Waals surface area contributed by atoms with Gasteiger partial charge in [0.25, 0.3) is 0 Å². The van der Waals surface area contributed by atoms with E-state index in [2.05, 4.69) is 42.8 Å². The smallest absolute Gasteiger partial charge is 0.0558 e. The summed E-state index contributed by atoms with van der Waals surface area (Å²) in [5.74, 6) is 0. The molecule has 120 valence electrons. The van der Waals surface area contributed by atoms with Crippen LogP contribution in [0.15, 0.2) is 0 Å². The molecule has 0 amide bonds. The van der Waals surface area contributed by atoms with Crippen molar-refractivity contribution in [2.75, 3.05) is 52.4 Å². The van der Waals surface area contributed by atoms with Crippen molar-refractivity contribution in [3.63, 3.8) is 0 Å². The van der Waals surface area contributed by atoms with Crippen LogP contribution in [0.1, 0.15) is 40.5 Å². The van der Waals surface area contributed by atoms with Crippen molar-refractivity contribution in [1.29, 1.82) is 0 Å². The summed E-state index contributed by atoms with van der Waals surface area (Å²) >= 11 is 0. The summed E-state index contributed by atoms with van der Waals surface area (Å²) in [5.41, 5.74) is 0.358. The van der Waals surface area contributed by atoms with Crippen molar-refractivity contribution in [3.05, 3.63) is 0 Å². The zero-order chi connectivity index (χ0) is 15.0. The van der Waals surface area contributed by atoms with Crippen molar-refractivity contribution in [3.8, 4) is 0 Å². The number of hydrogen-bond acceptors (Lipinski definition) is 4. The standard InChI is InChI=1S/C16H35N3O/c1-5-16(4,13-17-15(2)3)14-19-8-6-7-18(9-10-19)11-12-20/h15,17,20H,5-14H2,1-4H3. The lowest BCUT2D eigenvalue weighted by molar-refractivity contribution is 0.151. The molecule has 4 heteroatoms. The van der Waals surface area contributed by atoms with Crippen molar-refractivity contribution >= 4 is 0 Å². The molecule has 0 bridgehead atoms. The number of nitrogens with one attached hydrogen (secondary N) is 1. The fourth-order valence-electron chi connectivity index (χ4n) is 2.83. The molecule has 2 N–H and O–H groups in total. The monoisotopic (exact) mass is 285 g/mol. The fourth-order valence-corrected chi connectivity index (χ4v) is 2.83. The minimum atomic E-state index is 0.283. The highest BCUT2D eigenvalue weighted by Crippen LogP contribution is 2.22. The molecular weight excluding hydrogens is 250 g/mol. The highest BCUT2D eigenvalue weighted by Gasteiger charge is 2.26. The molecular formula is C16H35N3O. The minimum absolute atomic E-state index is 0.283. The summed E-state index contributed by atoms with van der Waals surface area (Å²) in [6.45, 7) is 17.1. The Bertz CT molecular complexity index is 260. The average Bonchev–Trinajstić information content (AvgIpc) is 2.63. The maximum atomic E-state index is 9.06. The Morgan fingerprint density at radius 1 is 1.15 bits per heavy atom. The summed E-state index contributed by atoms with van der Waals surface area (Å²) in [5, 5.41) is 12.7. The van der Waals surface area contributed by atoms with Gasteiger partial charge < -0.3 is 15.3 Å². The molecule has 0 spiro atoms. The summed E-state index contributed by atoms with van der Waals surface area (Å²) in [6, 6.07) is 0.560. The summed E-state index contributed by atoms with van der Waals surface area (Å²) in [6.07, 6.45) is 2.43. The molecule has 1 heterocycles. The molecule has 0 aromatic rings. The first-order valence-electron chi connectivity index (χ1n) is 8.28. The first-order valence-corrected chi connectivity index (χ1v) is 8.28. The van der Waals surface area contributed by atoms with Crippen LogP contribution < -0.4 is 5.32 Å². The van der Waals surface area contributed by atoms with E-state index in [1.54, 1.807) is 0 Å². The van der Waals surface area contributed by atoms with Crippen molar-refractivity contribution in [1.82, 2.24) is 15.1 Å². The highest BCUT2D eigenvalue weighted by atomic mass is 16.3. The van der Waals surface area contributed by atoms with Crippen LogP contribution in [0, 0.1) is 5.41 Å². The van der Waals surface area contributed by atoms with E-state index in [-0.39, 0.29) is 6.61 Å². The maximum Gasteiger partial charge on any atom is 0.0558 e. The Kier molecular flexibility index (Phi) is 8.03. The molecule has 1 fully saturated rings. The van der Waals surface area contributed by atoms with Crippen LogP contribution in [0.2, 0.25) is 0 Å². The van der Waals surface area contributed by atoms with Gasteiger partial charge in [-0.2, -0.15) is 0 Å². The predicted molar refractivity (Wildman–Crippen MR) is 86.1 cm³/mol. The minimum Gasteiger partial charge on any atom is -0.395 e. The average molecular weight is 285 g/mol. The van der Waals surface area contributed by atoms with Crippen molar-refractivity contribution in [2.45, 2.75) is 46.6 Å². The van der Waals surface area contributed by atoms with Crippen molar-refractivity contribution < 1.29 is 5.11 Å². The van der Waals surface area contributed by atoms with Crippen LogP contribution in [-0.4, -0.2) is 73.4 Å². The van der Waals surface area contributed by atoms with Gasteiger partial charge >= 0.3 is 0 Å².